The minimum absolute atomic E-state index is 0.0246. The molecule has 4 aliphatic rings. The minimum atomic E-state index is -0.0246. The Morgan fingerprint density at radius 2 is 1.68 bits per heavy atom. The zero-order valence-electron chi connectivity index (χ0n) is 15.8. The predicted octanol–water partition coefficient (Wildman–Crippen LogP) is 4.38. The van der Waals surface area contributed by atoms with E-state index >= 15 is 0 Å². The summed E-state index contributed by atoms with van der Waals surface area (Å²) in [6.07, 6.45) is 10.2. The first-order valence-corrected chi connectivity index (χ1v) is 10.1. The number of thiocarbonyl (C=S) groups is 1. The van der Waals surface area contributed by atoms with Crippen LogP contribution in [-0.4, -0.2) is 16.6 Å². The molecular weight excluding hydrogens is 330 g/mol. The van der Waals surface area contributed by atoms with Crippen LogP contribution in [0.15, 0.2) is 11.6 Å². The maximum absolute atomic E-state index is 12.4. The maximum Gasteiger partial charge on any atom is 0.155 e. The topological polar surface area (TPSA) is 60.2 Å². The third-order valence-corrected chi connectivity index (χ3v) is 7.67. The van der Waals surface area contributed by atoms with Crippen molar-refractivity contribution < 1.29 is 9.59 Å². The average Bonchev–Trinajstić information content (AvgIpc) is 2.83. The third kappa shape index (κ3) is 3.11. The second-order valence-corrected chi connectivity index (χ2v) is 9.64. The molecule has 0 heterocycles. The summed E-state index contributed by atoms with van der Waals surface area (Å²) < 4.78 is 0. The Kier molecular flexibility index (Phi) is 4.95. The fourth-order valence-corrected chi connectivity index (χ4v) is 6.33. The Hall–Kier alpha value is -1.03. The molecule has 0 unspecified atom stereocenters. The van der Waals surface area contributed by atoms with E-state index < -0.39 is 0 Å². The van der Waals surface area contributed by atoms with E-state index in [4.69, 9.17) is 5.73 Å². The zero-order chi connectivity index (χ0) is 18.4. The van der Waals surface area contributed by atoms with Crippen molar-refractivity contribution in [1.82, 2.24) is 0 Å². The lowest BCUT2D eigenvalue weighted by Crippen LogP contribution is -2.50. The molecule has 0 aromatic heterocycles. The van der Waals surface area contributed by atoms with E-state index in [1.165, 1.54) is 18.4 Å². The van der Waals surface area contributed by atoms with Gasteiger partial charge in [-0.3, -0.25) is 9.59 Å². The molecule has 138 valence electrons. The fraction of sp³-hybridized carbons (Fsp3) is 0.762. The first-order valence-electron chi connectivity index (χ1n) is 9.71. The standard InChI is InChI=1S/C19H26O2.C2H5NS/c1-18-9-7-13(20)11-12(18)3-4-14-15-5-6-17(21)19(15,2)10-8-16(14)18;1-2(3)4/h11,14-16H,3-10H2,1-2H3;1H3,(H2,3,4)/t14-,15-,16-,18-,19-;/m0./s1. The largest absolute Gasteiger partial charge is 0.394 e. The van der Waals surface area contributed by atoms with Gasteiger partial charge in [0.25, 0.3) is 0 Å². The first-order chi connectivity index (χ1) is 11.7. The van der Waals surface area contributed by atoms with Crippen molar-refractivity contribution in [2.75, 3.05) is 0 Å². The normalized spacial score (nSPS) is 42.4. The van der Waals surface area contributed by atoms with Gasteiger partial charge in [-0.2, -0.15) is 0 Å². The number of nitrogens with two attached hydrogens (primary N) is 1. The summed E-state index contributed by atoms with van der Waals surface area (Å²) in [4.78, 5) is 24.6. The van der Waals surface area contributed by atoms with Crippen LogP contribution in [0.25, 0.3) is 0 Å². The summed E-state index contributed by atoms with van der Waals surface area (Å²) in [7, 11) is 0. The molecule has 0 amide bonds. The van der Waals surface area contributed by atoms with Gasteiger partial charge >= 0.3 is 0 Å². The van der Waals surface area contributed by atoms with Gasteiger partial charge in [-0.1, -0.05) is 31.6 Å². The lowest BCUT2D eigenvalue weighted by atomic mass is 9.47. The smallest absolute Gasteiger partial charge is 0.155 e. The summed E-state index contributed by atoms with van der Waals surface area (Å²) in [6, 6.07) is 0. The van der Waals surface area contributed by atoms with E-state index in [1.807, 2.05) is 6.08 Å². The second-order valence-electron chi connectivity index (χ2n) is 9.00. The van der Waals surface area contributed by atoms with Gasteiger partial charge in [0.2, 0.25) is 0 Å². The molecular formula is C21H31NO2S. The van der Waals surface area contributed by atoms with Gasteiger partial charge in [0.1, 0.15) is 5.78 Å². The van der Waals surface area contributed by atoms with Crippen molar-refractivity contribution in [3.8, 4) is 0 Å². The summed E-state index contributed by atoms with van der Waals surface area (Å²) in [6.45, 7) is 6.32. The van der Waals surface area contributed by atoms with Crippen molar-refractivity contribution in [3.05, 3.63) is 11.6 Å². The molecule has 4 heteroatoms. The van der Waals surface area contributed by atoms with Gasteiger partial charge in [-0.05, 0) is 74.7 Å². The van der Waals surface area contributed by atoms with Crippen LogP contribution < -0.4 is 5.73 Å². The van der Waals surface area contributed by atoms with Crippen LogP contribution in [0.1, 0.15) is 72.1 Å². The number of carbonyl (C=O) groups excluding carboxylic acids is 2. The molecule has 3 nitrogen and oxygen atoms in total. The fourth-order valence-electron chi connectivity index (χ4n) is 6.33. The molecule has 0 saturated heterocycles. The summed E-state index contributed by atoms with van der Waals surface area (Å²) in [5.74, 6) is 2.88. The average molecular weight is 362 g/mol. The van der Waals surface area contributed by atoms with E-state index in [-0.39, 0.29) is 10.8 Å². The lowest BCUT2D eigenvalue weighted by Gasteiger charge is -2.56. The third-order valence-electron chi connectivity index (χ3n) is 7.67. The van der Waals surface area contributed by atoms with Crippen molar-refractivity contribution in [3.63, 3.8) is 0 Å². The SMILES string of the molecule is CC(N)=S.C[C@]12CCC(=O)C=C1CC[C@@H]1[C@@H]2CC[C@]2(C)C(=O)CC[C@@H]12. The lowest BCUT2D eigenvalue weighted by molar-refractivity contribution is -0.132. The Labute approximate surface area is 156 Å². The molecule has 0 aliphatic heterocycles. The molecule has 0 aromatic carbocycles. The van der Waals surface area contributed by atoms with E-state index in [0.29, 0.717) is 34.3 Å². The van der Waals surface area contributed by atoms with Gasteiger partial charge in [0, 0.05) is 18.3 Å². The van der Waals surface area contributed by atoms with Crippen molar-refractivity contribution in [1.29, 1.82) is 0 Å². The Bertz CT molecular complexity index is 636. The highest BCUT2D eigenvalue weighted by molar-refractivity contribution is 7.80. The monoisotopic (exact) mass is 361 g/mol. The highest BCUT2D eigenvalue weighted by Gasteiger charge is 2.58. The Morgan fingerprint density at radius 3 is 2.36 bits per heavy atom. The quantitative estimate of drug-likeness (QED) is 0.651. The molecule has 3 fully saturated rings. The van der Waals surface area contributed by atoms with E-state index in [2.05, 4.69) is 26.1 Å². The Morgan fingerprint density at radius 1 is 1.04 bits per heavy atom. The number of carbonyl (C=O) groups is 2. The molecule has 0 spiro atoms. The number of hydrogen-bond acceptors (Lipinski definition) is 3. The van der Waals surface area contributed by atoms with Crippen molar-refractivity contribution in [2.45, 2.75) is 72.1 Å². The summed E-state index contributed by atoms with van der Waals surface area (Å²) >= 11 is 4.31. The van der Waals surface area contributed by atoms with E-state index in [1.54, 1.807) is 6.92 Å². The molecule has 25 heavy (non-hydrogen) atoms. The Balaban J connectivity index is 0.000000415. The number of ketones is 2. The van der Waals surface area contributed by atoms with Crippen LogP contribution in [0.5, 0.6) is 0 Å². The highest BCUT2D eigenvalue weighted by Crippen LogP contribution is 2.64. The number of hydrogen-bond donors (Lipinski definition) is 1. The van der Waals surface area contributed by atoms with Crippen LogP contribution in [-0.2, 0) is 9.59 Å². The van der Waals surface area contributed by atoms with Gasteiger partial charge in [0.05, 0.1) is 4.99 Å². The molecule has 0 bridgehead atoms. The number of Topliss-reactive ketones (excluding diaryl/α,β-unsaturated/α-hetero) is 1. The van der Waals surface area contributed by atoms with Gasteiger partial charge in [0.15, 0.2) is 5.78 Å². The molecule has 0 radical (unpaired) electrons. The number of rotatable bonds is 0. The molecule has 4 aliphatic carbocycles. The van der Waals surface area contributed by atoms with E-state index in [9.17, 15) is 9.59 Å². The van der Waals surface area contributed by atoms with Crippen LogP contribution in [0.3, 0.4) is 0 Å². The maximum atomic E-state index is 12.4. The van der Waals surface area contributed by atoms with Crippen LogP contribution in [0, 0.1) is 28.6 Å². The first kappa shape index (κ1) is 18.8. The van der Waals surface area contributed by atoms with E-state index in [0.717, 1.165) is 38.5 Å². The predicted molar refractivity (Wildman–Crippen MR) is 104 cm³/mol. The molecule has 0 aromatic rings. The zero-order valence-corrected chi connectivity index (χ0v) is 16.6. The molecule has 4 rings (SSSR count). The van der Waals surface area contributed by atoms with Gasteiger partial charge in [-0.15, -0.1) is 0 Å². The van der Waals surface area contributed by atoms with Crippen LogP contribution >= 0.6 is 12.2 Å². The minimum Gasteiger partial charge on any atom is -0.394 e. The molecule has 5 atom stereocenters. The number of allylic oxidation sites excluding steroid dienone is 1. The van der Waals surface area contributed by atoms with Gasteiger partial charge in [-0.25, -0.2) is 0 Å². The summed E-state index contributed by atoms with van der Waals surface area (Å²) in [5, 5.41) is 0. The van der Waals surface area contributed by atoms with Gasteiger partial charge < -0.3 is 5.73 Å². The van der Waals surface area contributed by atoms with Crippen molar-refractivity contribution in [2.24, 2.45) is 34.3 Å². The van der Waals surface area contributed by atoms with Crippen LogP contribution in [0.2, 0.25) is 0 Å². The van der Waals surface area contributed by atoms with Crippen LogP contribution in [0.4, 0.5) is 0 Å². The molecule has 2 N–H and O–H groups in total. The van der Waals surface area contributed by atoms with Crippen molar-refractivity contribution >= 4 is 28.8 Å². The second kappa shape index (κ2) is 6.61. The summed E-state index contributed by atoms with van der Waals surface area (Å²) in [5.41, 5.74) is 6.48. The molecule has 3 saturated carbocycles. The highest BCUT2D eigenvalue weighted by atomic mass is 32.1. The number of fused-ring (bicyclic) bond motifs is 5.